The number of aromatic amines is 1. The number of carbonyl (C=O) groups excluding carboxylic acids is 2. The Hall–Kier alpha value is -2.48. The van der Waals surface area contributed by atoms with Gasteiger partial charge in [-0.2, -0.15) is 11.8 Å². The molecule has 0 bridgehead atoms. The monoisotopic (exact) mass is 363 g/mol. The van der Waals surface area contributed by atoms with Crippen LogP contribution in [0.15, 0.2) is 30.5 Å². The number of hydrogen-bond acceptors (Lipinski definition) is 4. The van der Waals surface area contributed by atoms with Crippen LogP contribution in [0.3, 0.4) is 0 Å². The number of aliphatic carboxylic acids is 1. The summed E-state index contributed by atoms with van der Waals surface area (Å²) < 4.78 is 0. The lowest BCUT2D eigenvalue weighted by Gasteiger charge is -2.19. The fraction of sp³-hybridized carbons (Fsp3) is 0.353. The van der Waals surface area contributed by atoms with Gasteiger partial charge in [-0.3, -0.25) is 9.59 Å². The van der Waals surface area contributed by atoms with Gasteiger partial charge in [0, 0.05) is 23.5 Å². The third-order valence-corrected chi connectivity index (χ3v) is 4.55. The molecular weight excluding hydrogens is 342 g/mol. The van der Waals surface area contributed by atoms with E-state index >= 15 is 0 Å². The number of H-pyrrole nitrogens is 1. The second-order valence-electron chi connectivity index (χ2n) is 5.58. The fourth-order valence-electron chi connectivity index (χ4n) is 2.60. The van der Waals surface area contributed by atoms with Gasteiger partial charge >= 0.3 is 5.97 Å². The highest BCUT2D eigenvalue weighted by Gasteiger charge is 2.25. The minimum atomic E-state index is -1.12. The van der Waals surface area contributed by atoms with Crippen LogP contribution in [0.1, 0.15) is 12.0 Å². The average molecular weight is 363 g/mol. The summed E-state index contributed by atoms with van der Waals surface area (Å²) in [5.41, 5.74) is 1.72. The fourth-order valence-corrected chi connectivity index (χ4v) is 3.07. The maximum atomic E-state index is 12.3. The zero-order valence-corrected chi connectivity index (χ0v) is 14.6. The predicted octanol–water partition coefficient (Wildman–Crippen LogP) is 1.15. The molecule has 2 amide bonds. The van der Waals surface area contributed by atoms with E-state index in [1.165, 1.54) is 0 Å². The molecule has 0 aliphatic heterocycles. The van der Waals surface area contributed by atoms with E-state index in [9.17, 15) is 19.5 Å². The number of aromatic nitrogens is 1. The van der Waals surface area contributed by atoms with Gasteiger partial charge in [0.2, 0.25) is 12.3 Å². The molecule has 134 valence electrons. The number of rotatable bonds is 10. The molecule has 2 aromatic rings. The summed E-state index contributed by atoms with van der Waals surface area (Å²) in [6.45, 7) is 0. The smallest absolute Gasteiger partial charge is 0.326 e. The molecule has 2 atom stereocenters. The number of amides is 2. The third-order valence-electron chi connectivity index (χ3n) is 3.91. The third kappa shape index (κ3) is 4.99. The molecule has 1 aromatic carbocycles. The zero-order chi connectivity index (χ0) is 18.2. The van der Waals surface area contributed by atoms with Crippen LogP contribution in [0.4, 0.5) is 0 Å². The normalized spacial score (nSPS) is 13.2. The Morgan fingerprint density at radius 3 is 2.76 bits per heavy atom. The van der Waals surface area contributed by atoms with Crippen LogP contribution in [0.25, 0.3) is 10.9 Å². The standard InChI is InChI=1S/C17H21N3O4S/c1-25-7-6-14(19-10-21)16(22)20-15(17(23)24)8-11-9-18-13-5-3-2-4-12(11)13/h2-5,9-10,14-15,18H,6-8H2,1H3,(H,19,21)(H,20,22)(H,23,24)/t14-,15+/m1/s1. The van der Waals surface area contributed by atoms with Crippen molar-refractivity contribution in [1.82, 2.24) is 15.6 Å². The predicted molar refractivity (Wildman–Crippen MR) is 97.6 cm³/mol. The van der Waals surface area contributed by atoms with Crippen LogP contribution >= 0.6 is 11.8 Å². The molecule has 2 rings (SSSR count). The zero-order valence-electron chi connectivity index (χ0n) is 13.8. The van der Waals surface area contributed by atoms with E-state index < -0.39 is 24.0 Å². The quantitative estimate of drug-likeness (QED) is 0.473. The first kappa shape index (κ1) is 18.9. The van der Waals surface area contributed by atoms with Crippen molar-refractivity contribution >= 4 is 41.0 Å². The number of carboxylic acid groups (broad SMARTS) is 1. The Morgan fingerprint density at radius 1 is 1.32 bits per heavy atom. The van der Waals surface area contributed by atoms with Crippen molar-refractivity contribution < 1.29 is 19.5 Å². The van der Waals surface area contributed by atoms with E-state index in [2.05, 4.69) is 15.6 Å². The van der Waals surface area contributed by atoms with E-state index in [4.69, 9.17) is 0 Å². The number of thioether (sulfide) groups is 1. The number of nitrogens with one attached hydrogen (secondary N) is 3. The minimum Gasteiger partial charge on any atom is -0.480 e. The van der Waals surface area contributed by atoms with Gasteiger partial charge in [0.15, 0.2) is 0 Å². The number of fused-ring (bicyclic) bond motifs is 1. The van der Waals surface area contributed by atoms with Crippen LogP contribution in [0, 0.1) is 0 Å². The molecule has 7 nitrogen and oxygen atoms in total. The summed E-state index contributed by atoms with van der Waals surface area (Å²) in [6.07, 6.45) is 4.70. The number of para-hydroxylation sites is 1. The van der Waals surface area contributed by atoms with E-state index in [0.29, 0.717) is 18.6 Å². The lowest BCUT2D eigenvalue weighted by atomic mass is 10.0. The average Bonchev–Trinajstić information content (AvgIpc) is 3.01. The molecule has 0 fully saturated rings. The molecule has 1 heterocycles. The molecule has 0 saturated heterocycles. The van der Waals surface area contributed by atoms with Gasteiger partial charge in [-0.15, -0.1) is 0 Å². The Balaban J connectivity index is 2.10. The van der Waals surface area contributed by atoms with E-state index in [0.717, 1.165) is 16.5 Å². The number of hydrogen-bond donors (Lipinski definition) is 4. The van der Waals surface area contributed by atoms with Gasteiger partial charge in [-0.1, -0.05) is 18.2 Å². The highest BCUT2D eigenvalue weighted by atomic mass is 32.2. The SMILES string of the molecule is CSCC[C@@H](NC=O)C(=O)N[C@@H](Cc1c[nH]c2ccccc12)C(=O)O. The van der Waals surface area contributed by atoms with Gasteiger partial charge in [-0.05, 0) is 30.1 Å². The van der Waals surface area contributed by atoms with Gasteiger partial charge in [0.25, 0.3) is 0 Å². The van der Waals surface area contributed by atoms with Gasteiger partial charge in [0.05, 0.1) is 0 Å². The molecule has 1 aromatic heterocycles. The molecule has 25 heavy (non-hydrogen) atoms. The summed E-state index contributed by atoms with van der Waals surface area (Å²) >= 11 is 1.55. The Bertz CT molecular complexity index is 746. The first-order valence-corrected chi connectivity index (χ1v) is 9.23. The van der Waals surface area contributed by atoms with Crippen LogP contribution in [0.5, 0.6) is 0 Å². The number of benzene rings is 1. The lowest BCUT2D eigenvalue weighted by Crippen LogP contribution is -2.50. The molecule has 0 aliphatic rings. The van der Waals surface area contributed by atoms with Crippen LogP contribution in [-0.2, 0) is 20.8 Å². The lowest BCUT2D eigenvalue weighted by molar-refractivity contribution is -0.142. The number of carbonyl (C=O) groups is 3. The Labute approximate surface area is 149 Å². The Kier molecular flexibility index (Phi) is 6.88. The molecule has 0 spiro atoms. The van der Waals surface area contributed by atoms with Crippen molar-refractivity contribution in [2.75, 3.05) is 12.0 Å². The maximum absolute atomic E-state index is 12.3. The summed E-state index contributed by atoms with van der Waals surface area (Å²) in [6, 6.07) is 5.75. The maximum Gasteiger partial charge on any atom is 0.326 e. The van der Waals surface area contributed by atoms with Gasteiger partial charge in [-0.25, -0.2) is 4.79 Å². The summed E-state index contributed by atoms with van der Waals surface area (Å²) in [5.74, 6) is -0.930. The topological polar surface area (TPSA) is 111 Å². The van der Waals surface area contributed by atoms with Gasteiger partial charge in [0.1, 0.15) is 12.1 Å². The van der Waals surface area contributed by atoms with Crippen LogP contribution in [0.2, 0.25) is 0 Å². The second-order valence-corrected chi connectivity index (χ2v) is 6.57. The molecule has 0 radical (unpaired) electrons. The molecule has 0 aliphatic carbocycles. The van der Waals surface area contributed by atoms with E-state index in [1.54, 1.807) is 18.0 Å². The van der Waals surface area contributed by atoms with Gasteiger partial charge < -0.3 is 20.7 Å². The molecule has 0 saturated carbocycles. The largest absolute Gasteiger partial charge is 0.480 e. The first-order valence-electron chi connectivity index (χ1n) is 7.83. The van der Waals surface area contributed by atoms with E-state index in [1.807, 2.05) is 30.5 Å². The number of carboxylic acids is 1. The molecule has 0 unspecified atom stereocenters. The summed E-state index contributed by atoms with van der Waals surface area (Å²) in [5, 5.41) is 15.4. The summed E-state index contributed by atoms with van der Waals surface area (Å²) in [7, 11) is 0. The summed E-state index contributed by atoms with van der Waals surface area (Å²) in [4.78, 5) is 37.7. The highest BCUT2D eigenvalue weighted by Crippen LogP contribution is 2.19. The van der Waals surface area contributed by atoms with Crippen molar-refractivity contribution in [3.05, 3.63) is 36.0 Å². The van der Waals surface area contributed by atoms with Crippen molar-refractivity contribution in [3.8, 4) is 0 Å². The first-order chi connectivity index (χ1) is 12.1. The van der Waals surface area contributed by atoms with Crippen molar-refractivity contribution in [1.29, 1.82) is 0 Å². The highest BCUT2D eigenvalue weighted by molar-refractivity contribution is 7.98. The van der Waals surface area contributed by atoms with Crippen molar-refractivity contribution in [2.45, 2.75) is 24.9 Å². The molecule has 8 heteroatoms. The second kappa shape index (κ2) is 9.12. The van der Waals surface area contributed by atoms with Crippen molar-refractivity contribution in [3.63, 3.8) is 0 Å². The van der Waals surface area contributed by atoms with Crippen molar-refractivity contribution in [2.24, 2.45) is 0 Å². The Morgan fingerprint density at radius 2 is 2.08 bits per heavy atom. The molecule has 4 N–H and O–H groups in total. The van der Waals surface area contributed by atoms with Crippen LogP contribution < -0.4 is 10.6 Å². The van der Waals surface area contributed by atoms with E-state index in [-0.39, 0.29) is 6.42 Å². The molecular formula is C17H21N3O4S. The minimum absolute atomic E-state index is 0.154. The van der Waals surface area contributed by atoms with Crippen LogP contribution in [-0.4, -0.2) is 52.5 Å².